The predicted octanol–water partition coefficient (Wildman–Crippen LogP) is 8.51. The van der Waals surface area contributed by atoms with Crippen molar-refractivity contribution in [3.8, 4) is 0 Å². The molecule has 0 amide bonds. The number of aldehydes is 1. The minimum Gasteiger partial charge on any atom is -0.445 e. The van der Waals surface area contributed by atoms with Crippen LogP contribution >= 0.6 is 22.6 Å². The number of aliphatic hydroxyl groups excluding tert-OH is 1. The van der Waals surface area contributed by atoms with E-state index in [0.29, 0.717) is 31.6 Å². The third-order valence-electron chi connectivity index (χ3n) is 10.5. The molecule has 4 heterocycles. The highest BCUT2D eigenvalue weighted by atomic mass is 127. The van der Waals surface area contributed by atoms with Crippen LogP contribution in [0, 0.1) is 11.8 Å². The lowest BCUT2D eigenvalue weighted by Gasteiger charge is -2.44. The van der Waals surface area contributed by atoms with Crippen LogP contribution in [-0.4, -0.2) is 67.4 Å². The first-order valence-electron chi connectivity index (χ1n) is 16.9. The number of carbonyl (C=O) groups excluding carboxylic acids is 1. The van der Waals surface area contributed by atoms with E-state index in [-0.39, 0.29) is 59.6 Å². The molecule has 0 aliphatic carbocycles. The molecule has 3 aliphatic rings. The maximum Gasteiger partial charge on any atom is 0.218 e. The van der Waals surface area contributed by atoms with E-state index in [1.807, 2.05) is 16.2 Å². The Morgan fingerprint density at radius 1 is 1.11 bits per heavy atom. The van der Waals surface area contributed by atoms with Crippen molar-refractivity contribution in [1.29, 1.82) is 0 Å². The van der Waals surface area contributed by atoms with E-state index in [1.54, 1.807) is 6.26 Å². The molecule has 10 heteroatoms. The number of ether oxygens (including phenoxy) is 3. The number of carbonyl (C=O) groups is 1. The molecule has 0 spiro atoms. The summed E-state index contributed by atoms with van der Waals surface area (Å²) in [6.45, 7) is 21.8. The maximum absolute atomic E-state index is 11.2. The third kappa shape index (κ3) is 9.51. The van der Waals surface area contributed by atoms with Gasteiger partial charge in [0.2, 0.25) is 5.89 Å². The van der Waals surface area contributed by atoms with Gasteiger partial charge < -0.3 is 33.0 Å². The van der Waals surface area contributed by atoms with E-state index in [0.717, 1.165) is 42.4 Å². The number of halogens is 1. The number of oxazole rings is 1. The topological polar surface area (TPSA) is 100 Å². The number of aliphatic hydroxyl groups is 1. The summed E-state index contributed by atoms with van der Waals surface area (Å²) in [5, 5.41) is 11.0. The normalized spacial score (nSPS) is 35.1. The first-order valence-corrected chi connectivity index (χ1v) is 21.1. The van der Waals surface area contributed by atoms with Crippen LogP contribution in [0.3, 0.4) is 0 Å². The summed E-state index contributed by atoms with van der Waals surface area (Å²) in [5.41, 5.74) is 3.02. The van der Waals surface area contributed by atoms with Crippen LogP contribution in [0.15, 0.2) is 38.6 Å². The van der Waals surface area contributed by atoms with Gasteiger partial charge in [0.1, 0.15) is 24.3 Å². The van der Waals surface area contributed by atoms with Gasteiger partial charge in [-0.05, 0) is 66.5 Å². The summed E-state index contributed by atoms with van der Waals surface area (Å²) < 4.78 is 34.3. The molecular weight excluding hydrogens is 713 g/mol. The zero-order chi connectivity index (χ0) is 33.8. The molecule has 258 valence electrons. The number of nitrogens with zero attached hydrogens (tertiary/aromatic N) is 1. The Labute approximate surface area is 291 Å². The molecule has 3 fully saturated rings. The summed E-state index contributed by atoms with van der Waals surface area (Å²) in [6, 6.07) is 0. The lowest BCUT2D eigenvalue weighted by molar-refractivity contribution is -0.148. The van der Waals surface area contributed by atoms with E-state index in [1.165, 1.54) is 0 Å². The summed E-state index contributed by atoms with van der Waals surface area (Å²) in [5.74, 6) is 0.575. The van der Waals surface area contributed by atoms with Gasteiger partial charge in [0.05, 0.1) is 42.7 Å². The molecule has 8 nitrogen and oxygen atoms in total. The quantitative estimate of drug-likeness (QED) is 0.104. The summed E-state index contributed by atoms with van der Waals surface area (Å²) in [6.07, 6.45) is 10.2. The fourth-order valence-corrected chi connectivity index (χ4v) is 8.51. The predicted molar refractivity (Wildman–Crippen MR) is 192 cm³/mol. The van der Waals surface area contributed by atoms with Crippen molar-refractivity contribution >= 4 is 43.3 Å². The van der Waals surface area contributed by atoms with Crippen molar-refractivity contribution in [2.24, 2.45) is 11.8 Å². The van der Waals surface area contributed by atoms with Crippen molar-refractivity contribution < 1.29 is 33.0 Å². The molecule has 10 atom stereocenters. The molecule has 46 heavy (non-hydrogen) atoms. The smallest absolute Gasteiger partial charge is 0.218 e. The Hall–Kier alpha value is -1.15. The van der Waals surface area contributed by atoms with Crippen molar-refractivity contribution in [3.05, 3.63) is 45.7 Å². The Kier molecular flexibility index (Phi) is 13.1. The summed E-state index contributed by atoms with van der Waals surface area (Å²) >= 11 is 2.24. The second-order valence-corrected chi connectivity index (χ2v) is 20.7. The molecule has 0 bridgehead atoms. The molecule has 1 aromatic heterocycles. The molecule has 1 aromatic rings. The second kappa shape index (κ2) is 16.0. The van der Waals surface area contributed by atoms with Gasteiger partial charge in [0.15, 0.2) is 8.32 Å². The van der Waals surface area contributed by atoms with Crippen molar-refractivity contribution in [2.75, 3.05) is 0 Å². The first-order chi connectivity index (χ1) is 21.6. The Bertz CT molecular complexity index is 1240. The average molecular weight is 770 g/mol. The monoisotopic (exact) mass is 769 g/mol. The largest absolute Gasteiger partial charge is 0.445 e. The third-order valence-corrected chi connectivity index (χ3v) is 16.0. The highest BCUT2D eigenvalue weighted by molar-refractivity contribution is 14.1. The zero-order valence-corrected chi connectivity index (χ0v) is 32.2. The fraction of sp³-hybridized carbons (Fsp3) is 0.722. The zero-order valence-electron chi connectivity index (χ0n) is 29.0. The number of rotatable bonds is 11. The Balaban J connectivity index is 1.46. The van der Waals surface area contributed by atoms with Crippen molar-refractivity contribution in [3.63, 3.8) is 0 Å². The molecule has 0 aromatic carbocycles. The minimum absolute atomic E-state index is 0.0162. The minimum atomic E-state index is -2.02. The molecular formula is C36H56INO7Si. The van der Waals surface area contributed by atoms with Crippen molar-refractivity contribution in [2.45, 2.75) is 153 Å². The molecule has 3 saturated heterocycles. The second-order valence-electron chi connectivity index (χ2n) is 15.3. The maximum atomic E-state index is 11.2. The Morgan fingerprint density at radius 3 is 2.50 bits per heavy atom. The summed E-state index contributed by atoms with van der Waals surface area (Å²) in [7, 11) is -2.02. The lowest BCUT2D eigenvalue weighted by atomic mass is 9.80. The highest BCUT2D eigenvalue weighted by Crippen LogP contribution is 2.42. The van der Waals surface area contributed by atoms with E-state index >= 15 is 0 Å². The number of aromatic nitrogens is 1. The van der Waals surface area contributed by atoms with E-state index in [2.05, 4.69) is 83.8 Å². The van der Waals surface area contributed by atoms with E-state index in [9.17, 15) is 9.90 Å². The van der Waals surface area contributed by atoms with Crippen LogP contribution in [-0.2, 0) is 23.4 Å². The molecule has 0 saturated carbocycles. The number of hydrogen-bond donors (Lipinski definition) is 1. The molecule has 0 unspecified atom stereocenters. The SMILES string of the molecule is C=C1C[C@H](C[C@@H]2C[C@@H](O[Si](C)(C)C(C)(C)C)C[C@H](c3coc(C=CC[C@H]4O[C@@H](C(C)=CI)[C@H](C)[C@@H](O)[C@H]4C)n3)O2)O[C@@H](CC=O)C1. The highest BCUT2D eigenvalue weighted by Gasteiger charge is 2.43. The van der Waals surface area contributed by atoms with Gasteiger partial charge in [0.25, 0.3) is 0 Å². The van der Waals surface area contributed by atoms with Crippen LogP contribution in [0.4, 0.5) is 0 Å². The fourth-order valence-electron chi connectivity index (χ4n) is 6.77. The molecule has 4 rings (SSSR count). The molecule has 0 radical (unpaired) electrons. The summed E-state index contributed by atoms with van der Waals surface area (Å²) in [4.78, 5) is 16.0. The van der Waals surface area contributed by atoms with Gasteiger partial charge in [-0.3, -0.25) is 0 Å². The van der Waals surface area contributed by atoms with Gasteiger partial charge >= 0.3 is 0 Å². The van der Waals surface area contributed by atoms with Gasteiger partial charge in [-0.1, -0.05) is 75.4 Å². The Morgan fingerprint density at radius 2 is 1.83 bits per heavy atom. The van der Waals surface area contributed by atoms with Crippen LogP contribution in [0.5, 0.6) is 0 Å². The van der Waals surface area contributed by atoms with Gasteiger partial charge in [-0.2, -0.15) is 0 Å². The van der Waals surface area contributed by atoms with Gasteiger partial charge in [0, 0.05) is 31.1 Å². The van der Waals surface area contributed by atoms with Crippen LogP contribution in [0.2, 0.25) is 18.1 Å². The van der Waals surface area contributed by atoms with E-state index in [4.69, 9.17) is 28.0 Å². The molecule has 1 N–H and O–H groups in total. The average Bonchev–Trinajstić information content (AvgIpc) is 3.45. The van der Waals surface area contributed by atoms with Gasteiger partial charge in [-0.15, -0.1) is 0 Å². The van der Waals surface area contributed by atoms with Gasteiger partial charge in [-0.25, -0.2) is 4.98 Å². The number of hydrogen-bond acceptors (Lipinski definition) is 8. The standard InChI is InChI=1S/C36H56INO7Si/c1-22-15-26(13-14-39)42-27(16-22)17-28-18-29(45-46(8,9)36(5,6)7)19-32(43-28)30-21-41-33(38-30)12-10-11-31-24(3)34(40)25(4)35(44-31)23(2)20-37/h10,12,14,20-21,24-29,31-32,34-35,40H,1,11,13,15-19H2,2-9H3/t24-,25+,26-,27+,28+,29+,31+,32+,34-,35-/m0/s1. The lowest BCUT2D eigenvalue weighted by Crippen LogP contribution is -2.49. The van der Waals surface area contributed by atoms with Crippen molar-refractivity contribution in [1.82, 2.24) is 4.98 Å². The first kappa shape index (κ1) is 37.7. The van der Waals surface area contributed by atoms with Crippen LogP contribution < -0.4 is 0 Å². The van der Waals surface area contributed by atoms with E-state index < -0.39 is 14.4 Å². The van der Waals surface area contributed by atoms with Crippen LogP contribution in [0.1, 0.15) is 104 Å². The van der Waals surface area contributed by atoms with Crippen LogP contribution in [0.25, 0.3) is 6.08 Å². The molecule has 3 aliphatic heterocycles.